The zero-order valence-corrected chi connectivity index (χ0v) is 11.4. The summed E-state index contributed by atoms with van der Waals surface area (Å²) in [5.41, 5.74) is 0.696. The Balaban J connectivity index is 2.12. The lowest BCUT2D eigenvalue weighted by Crippen LogP contribution is -2.11. The van der Waals surface area contributed by atoms with Crippen molar-refractivity contribution in [3.63, 3.8) is 0 Å². The molecule has 0 aromatic heterocycles. The van der Waals surface area contributed by atoms with Crippen LogP contribution < -0.4 is 0 Å². The van der Waals surface area contributed by atoms with E-state index >= 15 is 0 Å². The average Bonchev–Trinajstić information content (AvgIpc) is 2.80. The molecule has 2 atom stereocenters. The summed E-state index contributed by atoms with van der Waals surface area (Å²) >= 11 is 11.8. The fourth-order valence-electron chi connectivity index (χ4n) is 2.57. The fraction of sp³-hybridized carbons (Fsp3) is 0.500. The minimum Gasteiger partial charge on any atom is -0.294 e. The quantitative estimate of drug-likeness (QED) is 0.707. The normalized spacial score (nSPS) is 23.9. The summed E-state index contributed by atoms with van der Waals surface area (Å²) in [6.07, 6.45) is 4.38. The Bertz CT molecular complexity index is 428. The van der Waals surface area contributed by atoms with Gasteiger partial charge in [0.15, 0.2) is 5.78 Å². The van der Waals surface area contributed by atoms with E-state index in [4.69, 9.17) is 23.2 Å². The number of benzene rings is 1. The number of ketones is 1. The van der Waals surface area contributed by atoms with E-state index in [-0.39, 0.29) is 11.7 Å². The fourth-order valence-corrected chi connectivity index (χ4v) is 2.87. The summed E-state index contributed by atoms with van der Waals surface area (Å²) in [5.74, 6) is 1.11. The third kappa shape index (κ3) is 2.83. The molecule has 0 aliphatic heterocycles. The van der Waals surface area contributed by atoms with E-state index < -0.39 is 0 Å². The van der Waals surface area contributed by atoms with Gasteiger partial charge >= 0.3 is 0 Å². The molecule has 0 heterocycles. The van der Waals surface area contributed by atoms with E-state index in [0.29, 0.717) is 21.5 Å². The first kappa shape index (κ1) is 12.9. The van der Waals surface area contributed by atoms with Crippen LogP contribution in [0.2, 0.25) is 10.0 Å². The number of hydrogen-bond donors (Lipinski definition) is 0. The second-order valence-electron chi connectivity index (χ2n) is 4.78. The molecule has 1 fully saturated rings. The van der Waals surface area contributed by atoms with Gasteiger partial charge in [0.1, 0.15) is 0 Å². The van der Waals surface area contributed by atoms with Gasteiger partial charge in [0.25, 0.3) is 0 Å². The van der Waals surface area contributed by atoms with E-state index in [9.17, 15) is 4.79 Å². The lowest BCUT2D eigenvalue weighted by atomic mass is 9.94. The molecule has 2 rings (SSSR count). The van der Waals surface area contributed by atoms with Crippen molar-refractivity contribution in [1.82, 2.24) is 0 Å². The number of carbonyl (C=O) groups is 1. The Morgan fingerprint density at radius 1 is 1.29 bits per heavy atom. The molecular formula is C14H16Cl2O. The minimum absolute atomic E-state index is 0.178. The van der Waals surface area contributed by atoms with E-state index in [2.05, 4.69) is 6.92 Å². The molecule has 0 bridgehead atoms. The van der Waals surface area contributed by atoms with Crippen molar-refractivity contribution in [2.75, 3.05) is 0 Å². The summed E-state index contributed by atoms with van der Waals surface area (Å²) in [4.78, 5) is 12.3. The summed E-state index contributed by atoms with van der Waals surface area (Å²) in [7, 11) is 0. The summed E-state index contributed by atoms with van der Waals surface area (Å²) < 4.78 is 0. The van der Waals surface area contributed by atoms with Crippen LogP contribution in [0.15, 0.2) is 18.2 Å². The average molecular weight is 271 g/mol. The van der Waals surface area contributed by atoms with Gasteiger partial charge < -0.3 is 0 Å². The second-order valence-corrected chi connectivity index (χ2v) is 5.59. The zero-order valence-electron chi connectivity index (χ0n) is 9.88. The van der Waals surface area contributed by atoms with Crippen LogP contribution in [-0.2, 0) is 0 Å². The molecule has 1 saturated carbocycles. The topological polar surface area (TPSA) is 17.1 Å². The lowest BCUT2D eigenvalue weighted by Gasteiger charge is -2.09. The van der Waals surface area contributed by atoms with Crippen molar-refractivity contribution in [3.05, 3.63) is 33.8 Å². The third-order valence-electron chi connectivity index (χ3n) is 3.69. The van der Waals surface area contributed by atoms with Crippen LogP contribution in [0.25, 0.3) is 0 Å². The van der Waals surface area contributed by atoms with Crippen LogP contribution >= 0.6 is 23.2 Å². The number of Topliss-reactive ketones (excluding diaryl/α,β-unsaturated/α-hetero) is 1. The van der Waals surface area contributed by atoms with Crippen LogP contribution in [0, 0.1) is 11.8 Å². The van der Waals surface area contributed by atoms with Crippen LogP contribution in [0.3, 0.4) is 0 Å². The second kappa shape index (κ2) is 5.41. The first-order valence-corrected chi connectivity index (χ1v) is 6.86. The van der Waals surface area contributed by atoms with Gasteiger partial charge in [-0.05, 0) is 43.4 Å². The van der Waals surface area contributed by atoms with Crippen molar-refractivity contribution in [2.45, 2.75) is 32.6 Å². The molecule has 0 spiro atoms. The molecular weight excluding hydrogens is 255 g/mol. The van der Waals surface area contributed by atoms with Crippen LogP contribution in [0.4, 0.5) is 0 Å². The monoisotopic (exact) mass is 270 g/mol. The van der Waals surface area contributed by atoms with Gasteiger partial charge in [0.2, 0.25) is 0 Å². The van der Waals surface area contributed by atoms with Crippen LogP contribution in [0.1, 0.15) is 43.0 Å². The van der Waals surface area contributed by atoms with Gasteiger partial charge in [-0.2, -0.15) is 0 Å². The highest BCUT2D eigenvalue weighted by atomic mass is 35.5. The predicted octanol–water partition coefficient (Wildman–Crippen LogP) is 5.00. The maximum Gasteiger partial charge on any atom is 0.166 e. The highest BCUT2D eigenvalue weighted by molar-refractivity contribution is 6.42. The molecule has 0 amide bonds. The molecule has 1 aromatic rings. The van der Waals surface area contributed by atoms with Gasteiger partial charge in [-0.1, -0.05) is 36.5 Å². The number of rotatable bonds is 3. The van der Waals surface area contributed by atoms with E-state index in [1.807, 2.05) is 0 Å². The molecule has 0 saturated heterocycles. The van der Waals surface area contributed by atoms with E-state index in [1.165, 1.54) is 12.8 Å². The van der Waals surface area contributed by atoms with E-state index in [1.54, 1.807) is 18.2 Å². The van der Waals surface area contributed by atoms with Crippen molar-refractivity contribution in [2.24, 2.45) is 11.8 Å². The molecule has 1 aromatic carbocycles. The van der Waals surface area contributed by atoms with Crippen LogP contribution in [-0.4, -0.2) is 5.78 Å². The third-order valence-corrected chi connectivity index (χ3v) is 4.43. The highest BCUT2D eigenvalue weighted by Gasteiger charge is 2.29. The SMILES string of the molecule is CCC1CCC(C(=O)c2ccc(Cl)c(Cl)c2)C1. The standard InChI is InChI=1S/C14H16Cl2O/c1-2-9-3-4-10(7-9)14(17)11-5-6-12(15)13(16)8-11/h5-6,8-10H,2-4,7H2,1H3. The number of halogens is 2. The predicted molar refractivity (Wildman–Crippen MR) is 71.9 cm³/mol. The largest absolute Gasteiger partial charge is 0.294 e. The number of carbonyl (C=O) groups excluding carboxylic acids is 1. The molecule has 2 unspecified atom stereocenters. The molecule has 1 nitrogen and oxygen atoms in total. The molecule has 92 valence electrons. The van der Waals surface area contributed by atoms with Gasteiger partial charge in [-0.25, -0.2) is 0 Å². The summed E-state index contributed by atoms with van der Waals surface area (Å²) in [5, 5.41) is 0.962. The molecule has 1 aliphatic carbocycles. The first-order chi connectivity index (χ1) is 8.11. The Morgan fingerprint density at radius 2 is 2.06 bits per heavy atom. The Hall–Kier alpha value is -0.530. The van der Waals surface area contributed by atoms with Crippen LogP contribution in [0.5, 0.6) is 0 Å². The van der Waals surface area contributed by atoms with Crippen molar-refractivity contribution in [1.29, 1.82) is 0 Å². The van der Waals surface area contributed by atoms with Gasteiger partial charge in [-0.15, -0.1) is 0 Å². The zero-order chi connectivity index (χ0) is 12.4. The smallest absolute Gasteiger partial charge is 0.166 e. The highest BCUT2D eigenvalue weighted by Crippen LogP contribution is 2.35. The van der Waals surface area contributed by atoms with Crippen molar-refractivity contribution >= 4 is 29.0 Å². The van der Waals surface area contributed by atoms with Gasteiger partial charge in [0, 0.05) is 11.5 Å². The van der Waals surface area contributed by atoms with Gasteiger partial charge in [-0.3, -0.25) is 4.79 Å². The molecule has 1 aliphatic rings. The summed E-state index contributed by atoms with van der Waals surface area (Å²) in [6, 6.07) is 5.16. The Kier molecular flexibility index (Phi) is 4.11. The number of hydrogen-bond acceptors (Lipinski definition) is 1. The minimum atomic E-state index is 0.178. The van der Waals surface area contributed by atoms with E-state index in [0.717, 1.165) is 12.8 Å². The maximum atomic E-state index is 12.3. The maximum absolute atomic E-state index is 12.3. The van der Waals surface area contributed by atoms with Crippen molar-refractivity contribution in [3.8, 4) is 0 Å². The molecule has 17 heavy (non-hydrogen) atoms. The molecule has 3 heteroatoms. The molecule has 0 radical (unpaired) electrons. The Labute approximate surface area is 112 Å². The van der Waals surface area contributed by atoms with Crippen molar-refractivity contribution < 1.29 is 4.79 Å². The summed E-state index contributed by atoms with van der Waals surface area (Å²) in [6.45, 7) is 2.19. The van der Waals surface area contributed by atoms with Gasteiger partial charge in [0.05, 0.1) is 10.0 Å². The first-order valence-electron chi connectivity index (χ1n) is 6.11. The lowest BCUT2D eigenvalue weighted by molar-refractivity contribution is 0.0920. The Morgan fingerprint density at radius 3 is 2.65 bits per heavy atom. The molecule has 0 N–H and O–H groups in total.